The quantitative estimate of drug-likeness (QED) is 0.869. The summed E-state index contributed by atoms with van der Waals surface area (Å²) in [4.78, 5) is 2.17. The van der Waals surface area contributed by atoms with Crippen molar-refractivity contribution in [1.29, 1.82) is 0 Å². The second-order valence-electron chi connectivity index (χ2n) is 4.95. The van der Waals surface area contributed by atoms with Gasteiger partial charge in [0.1, 0.15) is 0 Å². The second-order valence-corrected chi connectivity index (χ2v) is 7.35. The summed E-state index contributed by atoms with van der Waals surface area (Å²) in [6.45, 7) is 4.22. The summed E-state index contributed by atoms with van der Waals surface area (Å²) in [5.74, 6) is 0.223. The lowest BCUT2D eigenvalue weighted by molar-refractivity contribution is 0.267. The first-order valence-corrected chi connectivity index (χ1v) is 7.92. The molecular weight excluding hydrogens is 248 g/mol. The topological polar surface area (TPSA) is 63.4 Å². The van der Waals surface area contributed by atoms with Gasteiger partial charge < -0.3 is 5.73 Å². The number of nitrogens with zero attached hydrogens (tertiary/aromatic N) is 1. The molecule has 5 heteroatoms. The van der Waals surface area contributed by atoms with Crippen molar-refractivity contribution in [2.24, 2.45) is 5.73 Å². The van der Waals surface area contributed by atoms with E-state index in [0.29, 0.717) is 13.1 Å². The van der Waals surface area contributed by atoms with E-state index in [1.54, 1.807) is 0 Å². The van der Waals surface area contributed by atoms with E-state index < -0.39 is 15.1 Å². The van der Waals surface area contributed by atoms with Crippen LogP contribution in [0.15, 0.2) is 24.3 Å². The van der Waals surface area contributed by atoms with Gasteiger partial charge in [-0.05, 0) is 12.5 Å². The van der Waals surface area contributed by atoms with E-state index in [2.05, 4.69) is 36.1 Å². The summed E-state index contributed by atoms with van der Waals surface area (Å²) in [6.07, 6.45) is 0. The van der Waals surface area contributed by atoms with Crippen LogP contribution in [-0.2, 0) is 16.4 Å². The SMILES string of the molecule is Cc1ccc(CN2CCS(=O)(=O)C(CN)C2)cc1. The van der Waals surface area contributed by atoms with Crippen molar-refractivity contribution < 1.29 is 8.42 Å². The highest BCUT2D eigenvalue weighted by molar-refractivity contribution is 7.92. The second kappa shape index (κ2) is 5.38. The molecule has 0 aromatic heterocycles. The maximum atomic E-state index is 11.7. The number of aryl methyl sites for hydroxylation is 1. The number of nitrogens with two attached hydrogens (primary N) is 1. The number of hydrogen-bond donors (Lipinski definition) is 1. The van der Waals surface area contributed by atoms with Crippen LogP contribution in [0.4, 0.5) is 0 Å². The molecule has 4 nitrogen and oxygen atoms in total. The average Bonchev–Trinajstić information content (AvgIpc) is 2.34. The van der Waals surface area contributed by atoms with Crippen molar-refractivity contribution in [3.05, 3.63) is 35.4 Å². The van der Waals surface area contributed by atoms with Gasteiger partial charge in [-0.15, -0.1) is 0 Å². The van der Waals surface area contributed by atoms with Crippen LogP contribution in [0.1, 0.15) is 11.1 Å². The smallest absolute Gasteiger partial charge is 0.156 e. The van der Waals surface area contributed by atoms with Gasteiger partial charge in [0, 0.05) is 26.2 Å². The molecule has 2 N–H and O–H groups in total. The summed E-state index contributed by atoms with van der Waals surface area (Å²) in [5.41, 5.74) is 8.00. The molecule has 0 amide bonds. The Morgan fingerprint density at radius 2 is 2.00 bits per heavy atom. The molecule has 18 heavy (non-hydrogen) atoms. The molecule has 1 heterocycles. The third-order valence-corrected chi connectivity index (χ3v) is 5.56. The van der Waals surface area contributed by atoms with Crippen LogP contribution in [0.25, 0.3) is 0 Å². The van der Waals surface area contributed by atoms with E-state index in [-0.39, 0.29) is 12.3 Å². The number of hydrogen-bond acceptors (Lipinski definition) is 4. The minimum atomic E-state index is -2.97. The van der Waals surface area contributed by atoms with E-state index in [9.17, 15) is 8.42 Å². The van der Waals surface area contributed by atoms with Gasteiger partial charge in [0.2, 0.25) is 0 Å². The largest absolute Gasteiger partial charge is 0.329 e. The molecule has 0 aliphatic carbocycles. The molecule has 1 aromatic carbocycles. The molecular formula is C13H20N2O2S. The molecule has 1 fully saturated rings. The van der Waals surface area contributed by atoms with Gasteiger partial charge in [0.05, 0.1) is 11.0 Å². The first-order valence-electron chi connectivity index (χ1n) is 6.21. The van der Waals surface area contributed by atoms with Crippen LogP contribution in [0.5, 0.6) is 0 Å². The highest BCUT2D eigenvalue weighted by atomic mass is 32.2. The van der Waals surface area contributed by atoms with E-state index >= 15 is 0 Å². The van der Waals surface area contributed by atoms with Crippen molar-refractivity contribution in [3.63, 3.8) is 0 Å². The first kappa shape index (κ1) is 13.5. The summed E-state index contributed by atoms with van der Waals surface area (Å²) in [6, 6.07) is 8.35. The van der Waals surface area contributed by atoms with Crippen LogP contribution < -0.4 is 5.73 Å². The Labute approximate surface area is 109 Å². The third-order valence-electron chi connectivity index (χ3n) is 3.45. The van der Waals surface area contributed by atoms with E-state index in [1.165, 1.54) is 11.1 Å². The lowest BCUT2D eigenvalue weighted by Crippen LogP contribution is -2.49. The Morgan fingerprint density at radius 1 is 1.33 bits per heavy atom. The molecule has 1 aliphatic rings. The molecule has 0 spiro atoms. The fourth-order valence-corrected chi connectivity index (χ4v) is 3.81. The Hall–Kier alpha value is -0.910. The molecule has 1 aromatic rings. The van der Waals surface area contributed by atoms with Gasteiger partial charge >= 0.3 is 0 Å². The normalized spacial score (nSPS) is 24.0. The van der Waals surface area contributed by atoms with Crippen LogP contribution in [-0.4, -0.2) is 44.0 Å². The minimum Gasteiger partial charge on any atom is -0.329 e. The summed E-state index contributed by atoms with van der Waals surface area (Å²) < 4.78 is 23.5. The summed E-state index contributed by atoms with van der Waals surface area (Å²) in [7, 11) is -2.97. The Balaban J connectivity index is 2.01. The van der Waals surface area contributed by atoms with E-state index in [4.69, 9.17) is 5.73 Å². The van der Waals surface area contributed by atoms with Crippen LogP contribution in [0.3, 0.4) is 0 Å². The monoisotopic (exact) mass is 268 g/mol. The van der Waals surface area contributed by atoms with Gasteiger partial charge in [-0.2, -0.15) is 0 Å². The van der Waals surface area contributed by atoms with E-state index in [1.807, 2.05) is 0 Å². The lowest BCUT2D eigenvalue weighted by atomic mass is 10.1. The molecule has 1 saturated heterocycles. The zero-order chi connectivity index (χ0) is 13.2. The van der Waals surface area contributed by atoms with Gasteiger partial charge in [0.15, 0.2) is 9.84 Å². The summed E-state index contributed by atoms with van der Waals surface area (Å²) >= 11 is 0. The maximum absolute atomic E-state index is 11.7. The van der Waals surface area contributed by atoms with Crippen LogP contribution in [0.2, 0.25) is 0 Å². The predicted molar refractivity (Wildman–Crippen MR) is 73.1 cm³/mol. The van der Waals surface area contributed by atoms with Crippen molar-refractivity contribution in [1.82, 2.24) is 4.90 Å². The molecule has 0 radical (unpaired) electrons. The fourth-order valence-electron chi connectivity index (χ4n) is 2.23. The highest BCUT2D eigenvalue weighted by Gasteiger charge is 2.31. The van der Waals surface area contributed by atoms with Crippen molar-refractivity contribution >= 4 is 9.84 Å². The molecule has 1 unspecified atom stereocenters. The molecule has 1 atom stereocenters. The van der Waals surface area contributed by atoms with Gasteiger partial charge in [-0.25, -0.2) is 8.42 Å². The summed E-state index contributed by atoms with van der Waals surface area (Å²) in [5, 5.41) is -0.406. The number of benzene rings is 1. The molecule has 2 rings (SSSR count). The predicted octanol–water partition coefficient (Wildman–Crippen LogP) is 0.553. The van der Waals surface area contributed by atoms with Crippen molar-refractivity contribution in [2.45, 2.75) is 18.7 Å². The zero-order valence-electron chi connectivity index (χ0n) is 10.7. The molecule has 100 valence electrons. The average molecular weight is 268 g/mol. The van der Waals surface area contributed by atoms with Crippen molar-refractivity contribution in [3.8, 4) is 0 Å². The number of rotatable bonds is 3. The Bertz CT molecular complexity index is 496. The zero-order valence-corrected chi connectivity index (χ0v) is 11.5. The maximum Gasteiger partial charge on any atom is 0.156 e. The van der Waals surface area contributed by atoms with Crippen LogP contribution in [0, 0.1) is 6.92 Å². The molecule has 1 aliphatic heterocycles. The lowest BCUT2D eigenvalue weighted by Gasteiger charge is -2.31. The van der Waals surface area contributed by atoms with Gasteiger partial charge in [0.25, 0.3) is 0 Å². The minimum absolute atomic E-state index is 0.215. The van der Waals surface area contributed by atoms with Gasteiger partial charge in [-0.1, -0.05) is 29.8 Å². The third kappa shape index (κ3) is 3.10. The van der Waals surface area contributed by atoms with E-state index in [0.717, 1.165) is 6.54 Å². The Morgan fingerprint density at radius 3 is 2.61 bits per heavy atom. The van der Waals surface area contributed by atoms with Gasteiger partial charge in [-0.3, -0.25) is 4.90 Å². The highest BCUT2D eigenvalue weighted by Crippen LogP contribution is 2.15. The van der Waals surface area contributed by atoms with Crippen molar-refractivity contribution in [2.75, 3.05) is 25.4 Å². The molecule has 0 saturated carbocycles. The fraction of sp³-hybridized carbons (Fsp3) is 0.538. The molecule has 0 bridgehead atoms. The Kier molecular flexibility index (Phi) is 4.04. The first-order chi connectivity index (χ1) is 8.51. The van der Waals surface area contributed by atoms with Crippen LogP contribution >= 0.6 is 0 Å². The standard InChI is InChI=1S/C13H20N2O2S/c1-11-2-4-12(5-3-11)9-15-6-7-18(16,17)13(8-14)10-15/h2-5,13H,6-10,14H2,1H3. The number of sulfone groups is 1.